The maximum absolute atomic E-state index is 10.5. The molecule has 0 unspecified atom stereocenters. The molecule has 0 aromatic heterocycles. The molecule has 2 saturated carbocycles. The topological polar surface area (TPSA) is 80.9 Å². The van der Waals surface area contributed by atoms with Crippen LogP contribution in [-0.2, 0) is 21.7 Å². The van der Waals surface area contributed by atoms with E-state index in [0.717, 1.165) is 33.4 Å². The minimum Gasteiger partial charge on any atom is -0.508 e. The van der Waals surface area contributed by atoms with Gasteiger partial charge in [-0.05, 0) is 117 Å². The second-order valence-electron chi connectivity index (χ2n) is 19.4. The molecule has 4 aromatic rings. The molecule has 2 aliphatic carbocycles. The Hall–Kier alpha value is -3.92. The van der Waals surface area contributed by atoms with Gasteiger partial charge in [0.1, 0.15) is 23.0 Å². The van der Waals surface area contributed by atoms with Gasteiger partial charge in [-0.15, -0.1) is 0 Å². The van der Waals surface area contributed by atoms with Crippen LogP contribution in [0.4, 0.5) is 0 Å². The zero-order chi connectivity index (χ0) is 39.6. The molecule has 4 heteroatoms. The van der Waals surface area contributed by atoms with Crippen molar-refractivity contribution in [2.45, 2.75) is 167 Å². The standard InChI is InChI=1S/C27H36O2.C23H32O2/c1-27(2,21-13-15-25(28)23(17-21)19-9-5-3-6-10-19)22-14-16-26(29)24(18-22)20-11-7-4-8-12-20;1-21(2,3)17-13-15(9-11-19(17)24)23(7,8)16-10-12-20(25)18(14-16)22(4,5)6/h13-20,28-29H,3-12H2,1-2H3;9-14,24-25H,1-8H3. The van der Waals surface area contributed by atoms with Crippen molar-refractivity contribution in [3.63, 3.8) is 0 Å². The number of hydrogen-bond acceptors (Lipinski definition) is 4. The highest BCUT2D eigenvalue weighted by atomic mass is 16.3. The third-order valence-corrected chi connectivity index (χ3v) is 12.6. The summed E-state index contributed by atoms with van der Waals surface area (Å²) in [5, 5.41) is 41.6. The highest BCUT2D eigenvalue weighted by Crippen LogP contribution is 2.44. The largest absolute Gasteiger partial charge is 0.508 e. The van der Waals surface area contributed by atoms with Crippen LogP contribution in [0.1, 0.15) is 190 Å². The van der Waals surface area contributed by atoms with Crippen molar-refractivity contribution in [1.29, 1.82) is 0 Å². The molecule has 0 spiro atoms. The Bertz CT molecular complexity index is 1750. The van der Waals surface area contributed by atoms with Gasteiger partial charge in [-0.3, -0.25) is 0 Å². The second-order valence-corrected chi connectivity index (χ2v) is 19.4. The molecule has 0 amide bonds. The molecule has 6 rings (SSSR count). The van der Waals surface area contributed by atoms with Gasteiger partial charge in [0.2, 0.25) is 0 Å². The molecule has 4 aromatic carbocycles. The molecule has 4 N–H and O–H groups in total. The van der Waals surface area contributed by atoms with Crippen molar-refractivity contribution in [2.24, 2.45) is 0 Å². The zero-order valence-electron chi connectivity index (χ0n) is 34.9. The summed E-state index contributed by atoms with van der Waals surface area (Å²) >= 11 is 0. The Morgan fingerprint density at radius 2 is 0.648 bits per heavy atom. The first-order valence-corrected chi connectivity index (χ1v) is 20.6. The molecule has 292 valence electrons. The number of phenolic OH excluding ortho intramolecular Hbond substituents is 4. The average Bonchev–Trinajstić information content (AvgIpc) is 3.12. The molecule has 0 atom stereocenters. The van der Waals surface area contributed by atoms with E-state index in [9.17, 15) is 20.4 Å². The smallest absolute Gasteiger partial charge is 0.119 e. The van der Waals surface area contributed by atoms with Crippen molar-refractivity contribution in [3.05, 3.63) is 117 Å². The van der Waals surface area contributed by atoms with Crippen LogP contribution in [0, 0.1) is 0 Å². The molecule has 2 aliphatic rings. The SMILES string of the molecule is CC(C)(C)c1cc(C(C)(C)c2ccc(O)c(C(C)(C)C)c2)ccc1O.CC(C)(c1ccc(O)c(C2CCCCC2)c1)c1ccc(O)c(C2CCCCC2)c1. The quantitative estimate of drug-likeness (QED) is 0.159. The minimum absolute atomic E-state index is 0.123. The van der Waals surface area contributed by atoms with Gasteiger partial charge in [0.15, 0.2) is 0 Å². The van der Waals surface area contributed by atoms with Gasteiger partial charge < -0.3 is 20.4 Å². The summed E-state index contributed by atoms with van der Waals surface area (Å²) in [6, 6.07) is 24.2. The van der Waals surface area contributed by atoms with Crippen LogP contribution in [0.15, 0.2) is 72.8 Å². The van der Waals surface area contributed by atoms with Crippen LogP contribution in [0.2, 0.25) is 0 Å². The number of phenols is 4. The van der Waals surface area contributed by atoms with E-state index < -0.39 is 0 Å². The van der Waals surface area contributed by atoms with Gasteiger partial charge in [0.05, 0.1) is 0 Å². The average molecular weight is 733 g/mol. The molecule has 0 radical (unpaired) electrons. The Morgan fingerprint density at radius 3 is 0.944 bits per heavy atom. The lowest BCUT2D eigenvalue weighted by Gasteiger charge is -2.31. The Balaban J connectivity index is 0.000000210. The highest BCUT2D eigenvalue weighted by molar-refractivity contribution is 5.51. The lowest BCUT2D eigenvalue weighted by Crippen LogP contribution is -2.22. The predicted molar refractivity (Wildman–Crippen MR) is 226 cm³/mol. The third-order valence-electron chi connectivity index (χ3n) is 12.6. The van der Waals surface area contributed by atoms with Crippen molar-refractivity contribution in [1.82, 2.24) is 0 Å². The van der Waals surface area contributed by atoms with Crippen LogP contribution in [0.5, 0.6) is 23.0 Å². The first kappa shape index (κ1) is 41.2. The van der Waals surface area contributed by atoms with E-state index in [4.69, 9.17) is 0 Å². The Morgan fingerprint density at radius 1 is 0.370 bits per heavy atom. The van der Waals surface area contributed by atoms with Crippen LogP contribution in [0.3, 0.4) is 0 Å². The fourth-order valence-corrected chi connectivity index (χ4v) is 8.75. The second kappa shape index (κ2) is 16.0. The van der Waals surface area contributed by atoms with Crippen molar-refractivity contribution < 1.29 is 20.4 Å². The third kappa shape index (κ3) is 9.12. The van der Waals surface area contributed by atoms with Crippen LogP contribution in [0.25, 0.3) is 0 Å². The summed E-state index contributed by atoms with van der Waals surface area (Å²) in [4.78, 5) is 0. The summed E-state index contributed by atoms with van der Waals surface area (Å²) in [6.07, 6.45) is 12.4. The molecule has 2 fully saturated rings. The maximum Gasteiger partial charge on any atom is 0.119 e. The molecule has 54 heavy (non-hydrogen) atoms. The molecular weight excluding hydrogens is 665 g/mol. The fourth-order valence-electron chi connectivity index (χ4n) is 8.75. The van der Waals surface area contributed by atoms with Crippen molar-refractivity contribution >= 4 is 0 Å². The molecule has 0 heterocycles. The lowest BCUT2D eigenvalue weighted by molar-refractivity contribution is 0.412. The number of benzene rings is 4. The highest BCUT2D eigenvalue weighted by Gasteiger charge is 2.30. The Kier molecular flexibility index (Phi) is 12.3. The van der Waals surface area contributed by atoms with E-state index in [1.807, 2.05) is 24.3 Å². The van der Waals surface area contributed by atoms with Crippen LogP contribution < -0.4 is 0 Å². The molecular formula is C50H68O4. The van der Waals surface area contributed by atoms with E-state index >= 15 is 0 Å². The van der Waals surface area contributed by atoms with Crippen molar-refractivity contribution in [3.8, 4) is 23.0 Å². The summed E-state index contributed by atoms with van der Waals surface area (Å²) in [7, 11) is 0. The molecule has 4 nitrogen and oxygen atoms in total. The van der Waals surface area contributed by atoms with Gasteiger partial charge in [0, 0.05) is 10.8 Å². The molecule has 0 saturated heterocycles. The first-order valence-electron chi connectivity index (χ1n) is 20.6. The fraction of sp³-hybridized carbons (Fsp3) is 0.520. The monoisotopic (exact) mass is 733 g/mol. The van der Waals surface area contributed by atoms with Gasteiger partial charge in [-0.25, -0.2) is 0 Å². The van der Waals surface area contributed by atoms with E-state index in [1.54, 1.807) is 12.1 Å². The minimum atomic E-state index is -0.235. The van der Waals surface area contributed by atoms with Gasteiger partial charge in [-0.2, -0.15) is 0 Å². The summed E-state index contributed by atoms with van der Waals surface area (Å²) in [5.74, 6) is 2.55. The van der Waals surface area contributed by atoms with E-state index in [0.29, 0.717) is 34.8 Å². The predicted octanol–water partition coefficient (Wildman–Crippen LogP) is 13.5. The number of hydrogen-bond donors (Lipinski definition) is 4. The van der Waals surface area contributed by atoms with Crippen molar-refractivity contribution in [2.75, 3.05) is 0 Å². The Labute approximate surface area is 326 Å². The number of rotatable bonds is 6. The maximum atomic E-state index is 10.5. The lowest BCUT2D eigenvalue weighted by atomic mass is 9.73. The normalized spacial score (nSPS) is 16.5. The van der Waals surface area contributed by atoms with Gasteiger partial charge in [-0.1, -0.05) is 156 Å². The van der Waals surface area contributed by atoms with Crippen LogP contribution >= 0.6 is 0 Å². The number of aromatic hydroxyl groups is 4. The first-order chi connectivity index (χ1) is 25.2. The van der Waals surface area contributed by atoms with E-state index in [2.05, 4.69) is 106 Å². The molecule has 0 bridgehead atoms. The summed E-state index contributed by atoms with van der Waals surface area (Å²) < 4.78 is 0. The van der Waals surface area contributed by atoms with Gasteiger partial charge in [0.25, 0.3) is 0 Å². The summed E-state index contributed by atoms with van der Waals surface area (Å²) in [5.41, 5.74) is 8.30. The zero-order valence-corrected chi connectivity index (χ0v) is 34.9. The van der Waals surface area contributed by atoms with Crippen LogP contribution in [-0.4, -0.2) is 20.4 Å². The van der Waals surface area contributed by atoms with E-state index in [1.165, 1.54) is 75.3 Å². The van der Waals surface area contributed by atoms with Gasteiger partial charge >= 0.3 is 0 Å². The van der Waals surface area contributed by atoms with E-state index in [-0.39, 0.29) is 21.7 Å². The molecule has 0 aliphatic heterocycles. The summed E-state index contributed by atoms with van der Waals surface area (Å²) in [6.45, 7) is 21.5.